The Hall–Kier alpha value is -2.30. The number of nitrogens with zero attached hydrogens (tertiary/aromatic N) is 2. The molecule has 5 nitrogen and oxygen atoms in total. The minimum Gasteiger partial charge on any atom is -0.350 e. The molecule has 0 aliphatic rings. The van der Waals surface area contributed by atoms with Crippen LogP contribution in [0.4, 0.5) is 0 Å². The first kappa shape index (κ1) is 9.89. The summed E-state index contributed by atoms with van der Waals surface area (Å²) in [6, 6.07) is 7.42. The van der Waals surface area contributed by atoms with Crippen LogP contribution in [0, 0.1) is 0 Å². The van der Waals surface area contributed by atoms with Crippen LogP contribution >= 0.6 is 0 Å². The summed E-state index contributed by atoms with van der Waals surface area (Å²) < 4.78 is 2.63. The molecule has 0 bridgehead atoms. The van der Waals surface area contributed by atoms with Crippen LogP contribution in [0.5, 0.6) is 0 Å². The molecule has 3 rings (SSSR count). The zero-order valence-electron chi connectivity index (χ0n) is 9.52. The lowest BCUT2D eigenvalue weighted by Gasteiger charge is -2.05. The predicted octanol–water partition coefficient (Wildman–Crippen LogP) is 0.718. The van der Waals surface area contributed by atoms with E-state index in [9.17, 15) is 9.59 Å². The van der Waals surface area contributed by atoms with Crippen LogP contribution in [0.25, 0.3) is 21.8 Å². The molecule has 0 unspecified atom stereocenters. The fourth-order valence-electron chi connectivity index (χ4n) is 2.12. The van der Waals surface area contributed by atoms with Gasteiger partial charge in [0, 0.05) is 25.0 Å². The van der Waals surface area contributed by atoms with E-state index < -0.39 is 0 Å². The minimum absolute atomic E-state index is 0.167. The number of fused-ring (bicyclic) bond motifs is 3. The summed E-state index contributed by atoms with van der Waals surface area (Å²) in [5.41, 5.74) is 0.817. The number of H-pyrrole nitrogens is 1. The van der Waals surface area contributed by atoms with E-state index in [1.807, 2.05) is 24.3 Å². The van der Waals surface area contributed by atoms with Crippen molar-refractivity contribution in [3.63, 3.8) is 0 Å². The molecule has 2 heterocycles. The van der Waals surface area contributed by atoms with Gasteiger partial charge in [0.15, 0.2) is 0 Å². The second kappa shape index (κ2) is 3.10. The SMILES string of the molecule is Cn1c(=O)c2[nH]c3ccccc3c2c(=O)n1C. The lowest BCUT2D eigenvalue weighted by molar-refractivity contribution is 0.542. The van der Waals surface area contributed by atoms with Crippen LogP contribution in [0.1, 0.15) is 0 Å². The van der Waals surface area contributed by atoms with E-state index in [2.05, 4.69) is 4.98 Å². The molecule has 0 aliphatic heterocycles. The summed E-state index contributed by atoms with van der Waals surface area (Å²) in [4.78, 5) is 27.2. The second-order valence-corrected chi connectivity index (χ2v) is 4.08. The third kappa shape index (κ3) is 1.13. The van der Waals surface area contributed by atoms with Crippen LogP contribution in [-0.2, 0) is 14.1 Å². The summed E-state index contributed by atoms with van der Waals surface area (Å²) in [6.07, 6.45) is 0. The quantitative estimate of drug-likeness (QED) is 0.617. The van der Waals surface area contributed by atoms with Gasteiger partial charge in [0.1, 0.15) is 5.52 Å². The van der Waals surface area contributed by atoms with Gasteiger partial charge in [0.05, 0.1) is 5.39 Å². The van der Waals surface area contributed by atoms with E-state index >= 15 is 0 Å². The maximum absolute atomic E-state index is 12.2. The van der Waals surface area contributed by atoms with E-state index in [0.717, 1.165) is 10.9 Å². The molecule has 0 saturated carbocycles. The van der Waals surface area contributed by atoms with Crippen LogP contribution < -0.4 is 11.1 Å². The Kier molecular flexibility index (Phi) is 1.80. The molecule has 0 atom stereocenters. The average Bonchev–Trinajstić information content (AvgIpc) is 2.73. The highest BCUT2D eigenvalue weighted by Gasteiger charge is 2.13. The van der Waals surface area contributed by atoms with Crippen molar-refractivity contribution in [3.05, 3.63) is 45.0 Å². The summed E-state index contributed by atoms with van der Waals surface area (Å²) in [5.74, 6) is 0. The molecule has 1 N–H and O–H groups in total. The molecule has 0 aliphatic carbocycles. The Morgan fingerprint density at radius 1 is 1.00 bits per heavy atom. The highest BCUT2D eigenvalue weighted by Crippen LogP contribution is 2.19. The molecule has 0 saturated heterocycles. The Morgan fingerprint density at radius 3 is 2.41 bits per heavy atom. The Labute approximate surface area is 95.9 Å². The normalized spacial score (nSPS) is 11.4. The maximum Gasteiger partial charge on any atom is 0.289 e. The number of aromatic nitrogens is 3. The third-order valence-corrected chi connectivity index (χ3v) is 3.17. The minimum atomic E-state index is -0.196. The highest BCUT2D eigenvalue weighted by atomic mass is 16.2. The zero-order chi connectivity index (χ0) is 12.2. The number of nitrogens with one attached hydrogen (secondary N) is 1. The zero-order valence-corrected chi connectivity index (χ0v) is 9.52. The number of aromatic amines is 1. The van der Waals surface area contributed by atoms with Crippen molar-refractivity contribution in [1.82, 2.24) is 14.3 Å². The molecule has 1 aromatic carbocycles. The number of hydrogen-bond donors (Lipinski definition) is 1. The van der Waals surface area contributed by atoms with Crippen molar-refractivity contribution >= 4 is 21.8 Å². The molecule has 0 spiro atoms. The van der Waals surface area contributed by atoms with Gasteiger partial charge < -0.3 is 4.98 Å². The lowest BCUT2D eigenvalue weighted by atomic mass is 10.2. The standard InChI is InChI=1S/C12H11N3O2/c1-14-11(16)9-7-5-3-4-6-8(7)13-10(9)12(17)15(14)2/h3-6,13H,1-2H3. The Balaban J connectivity index is 2.78. The molecule has 3 aromatic rings. The van der Waals surface area contributed by atoms with Gasteiger partial charge >= 0.3 is 0 Å². The monoisotopic (exact) mass is 229 g/mol. The summed E-state index contributed by atoms with van der Waals surface area (Å²) in [7, 11) is 3.17. The van der Waals surface area contributed by atoms with E-state index in [1.54, 1.807) is 14.1 Å². The highest BCUT2D eigenvalue weighted by molar-refractivity contribution is 6.06. The number of rotatable bonds is 0. The molecule has 2 aromatic heterocycles. The van der Waals surface area contributed by atoms with Crippen molar-refractivity contribution in [1.29, 1.82) is 0 Å². The van der Waals surface area contributed by atoms with Gasteiger partial charge in [-0.05, 0) is 6.07 Å². The smallest absolute Gasteiger partial charge is 0.289 e. The van der Waals surface area contributed by atoms with Crippen LogP contribution in [-0.4, -0.2) is 14.3 Å². The van der Waals surface area contributed by atoms with Gasteiger partial charge in [-0.25, -0.2) is 4.68 Å². The summed E-state index contributed by atoms with van der Waals surface area (Å²) in [5, 5.41) is 1.26. The lowest BCUT2D eigenvalue weighted by Crippen LogP contribution is -2.34. The van der Waals surface area contributed by atoms with Crippen molar-refractivity contribution in [2.24, 2.45) is 14.1 Å². The molecule has 0 fully saturated rings. The van der Waals surface area contributed by atoms with Gasteiger partial charge in [-0.2, -0.15) is 0 Å². The van der Waals surface area contributed by atoms with E-state index in [1.165, 1.54) is 9.36 Å². The average molecular weight is 229 g/mol. The molecule has 0 radical (unpaired) electrons. The molecular formula is C12H11N3O2. The Morgan fingerprint density at radius 2 is 1.65 bits per heavy atom. The van der Waals surface area contributed by atoms with E-state index in [0.29, 0.717) is 10.9 Å². The molecule has 17 heavy (non-hydrogen) atoms. The van der Waals surface area contributed by atoms with Crippen molar-refractivity contribution in [2.45, 2.75) is 0 Å². The third-order valence-electron chi connectivity index (χ3n) is 3.17. The molecular weight excluding hydrogens is 218 g/mol. The first-order valence-corrected chi connectivity index (χ1v) is 5.28. The van der Waals surface area contributed by atoms with Gasteiger partial charge in [0.25, 0.3) is 11.1 Å². The van der Waals surface area contributed by atoms with Crippen LogP contribution in [0.3, 0.4) is 0 Å². The molecule has 0 amide bonds. The predicted molar refractivity (Wildman–Crippen MR) is 66.3 cm³/mol. The first-order chi connectivity index (χ1) is 8.11. The molecule has 86 valence electrons. The number of benzene rings is 1. The van der Waals surface area contributed by atoms with Crippen LogP contribution in [0.2, 0.25) is 0 Å². The first-order valence-electron chi connectivity index (χ1n) is 5.28. The van der Waals surface area contributed by atoms with Gasteiger partial charge in [0.2, 0.25) is 0 Å². The van der Waals surface area contributed by atoms with Gasteiger partial charge in [-0.15, -0.1) is 0 Å². The van der Waals surface area contributed by atoms with Gasteiger partial charge in [-0.1, -0.05) is 18.2 Å². The topological polar surface area (TPSA) is 59.8 Å². The number of hydrogen-bond acceptors (Lipinski definition) is 2. The fraction of sp³-hybridized carbons (Fsp3) is 0.167. The fourth-order valence-corrected chi connectivity index (χ4v) is 2.12. The van der Waals surface area contributed by atoms with Gasteiger partial charge in [-0.3, -0.25) is 14.3 Å². The van der Waals surface area contributed by atoms with Crippen molar-refractivity contribution in [3.8, 4) is 0 Å². The molecule has 5 heteroatoms. The van der Waals surface area contributed by atoms with Crippen molar-refractivity contribution in [2.75, 3.05) is 0 Å². The second-order valence-electron chi connectivity index (χ2n) is 4.08. The summed E-state index contributed by atoms with van der Waals surface area (Å²) >= 11 is 0. The number of para-hydroxylation sites is 1. The van der Waals surface area contributed by atoms with Crippen molar-refractivity contribution < 1.29 is 0 Å². The van der Waals surface area contributed by atoms with E-state index in [-0.39, 0.29) is 11.1 Å². The van der Waals surface area contributed by atoms with E-state index in [4.69, 9.17) is 0 Å². The largest absolute Gasteiger partial charge is 0.350 e. The van der Waals surface area contributed by atoms with Crippen LogP contribution in [0.15, 0.2) is 33.9 Å². The maximum atomic E-state index is 12.2. The summed E-state index contributed by atoms with van der Waals surface area (Å²) in [6.45, 7) is 0. The Bertz CT molecular complexity index is 852.